The standard InChI is InChI=1S/C84H48B2N4S4/c1-11-31-63-51(21-1)52-22-2-12-32-64(52)87(63)49-41-43-69-57(45-49)55-25-5-15-35-67(55)89(69)71-47-77-81-83(93-75-39-19-9-29-61(75)85(81)59-27-7-17-37-73(59)91-77)79(71)80-72(48-78-82-84(80)94-76-40-20-10-30-62(76)86(82)60-28-8-18-38-74(60)92-78)90-68-36-16-6-26-56(68)58-46-50(42-44-70(58)90)88-65-33-13-3-23-53(65)54-24-4-14-34-66(54)88/h1-48H. The van der Waals surface area contributed by atoms with E-state index < -0.39 is 0 Å². The summed E-state index contributed by atoms with van der Waals surface area (Å²) in [6.07, 6.45) is 0. The zero-order chi connectivity index (χ0) is 61.0. The fraction of sp³-hybridized carbons (Fsp3) is 0. The minimum atomic E-state index is 0.0214. The van der Waals surface area contributed by atoms with Gasteiger partial charge in [-0.3, -0.25) is 0 Å². The molecule has 0 saturated carbocycles. The molecule has 0 saturated heterocycles. The van der Waals surface area contributed by atoms with Crippen LogP contribution >= 0.6 is 47.0 Å². The third-order valence-corrected chi connectivity index (χ3v) is 25.3. The lowest BCUT2D eigenvalue weighted by atomic mass is 9.36. The third kappa shape index (κ3) is 7.13. The van der Waals surface area contributed by atoms with E-state index in [-0.39, 0.29) is 13.4 Å². The molecular formula is C84H48B2N4S4. The van der Waals surface area contributed by atoms with Crippen LogP contribution in [-0.2, 0) is 0 Å². The maximum Gasteiger partial charge on any atom is 0.247 e. The van der Waals surface area contributed by atoms with E-state index in [4.69, 9.17) is 0 Å². The molecular weight excluding hydrogens is 1210 g/mol. The molecule has 4 aliphatic rings. The second kappa shape index (κ2) is 19.7. The smallest absolute Gasteiger partial charge is 0.247 e. The van der Waals surface area contributed by atoms with E-state index in [0.717, 1.165) is 11.4 Å². The largest absolute Gasteiger partial charge is 0.309 e. The van der Waals surface area contributed by atoms with Crippen LogP contribution in [0.3, 0.4) is 0 Å². The molecule has 18 aromatic rings. The predicted octanol–water partition coefficient (Wildman–Crippen LogP) is 18.6. The lowest BCUT2D eigenvalue weighted by molar-refractivity contribution is 1.11. The van der Waals surface area contributed by atoms with Crippen LogP contribution in [-0.4, -0.2) is 31.7 Å². The Labute approximate surface area is 558 Å². The van der Waals surface area contributed by atoms with Gasteiger partial charge in [0.2, 0.25) is 13.4 Å². The molecule has 4 nitrogen and oxygen atoms in total. The first-order valence-corrected chi connectivity index (χ1v) is 35.5. The minimum absolute atomic E-state index is 0.0214. The molecule has 4 aliphatic heterocycles. The maximum atomic E-state index is 2.66. The highest BCUT2D eigenvalue weighted by Gasteiger charge is 2.45. The van der Waals surface area contributed by atoms with Crippen molar-refractivity contribution in [3.05, 3.63) is 291 Å². The summed E-state index contributed by atoms with van der Waals surface area (Å²) in [5.41, 5.74) is 24.9. The Hall–Kier alpha value is -10.2. The van der Waals surface area contributed by atoms with Gasteiger partial charge in [0.15, 0.2) is 0 Å². The second-order valence-corrected chi connectivity index (χ2v) is 29.6. The Bertz CT molecular complexity index is 5910. The summed E-state index contributed by atoms with van der Waals surface area (Å²) in [5.74, 6) is 0. The molecule has 0 bridgehead atoms. The van der Waals surface area contributed by atoms with E-state index >= 15 is 0 Å². The van der Waals surface area contributed by atoms with Crippen molar-refractivity contribution in [3.63, 3.8) is 0 Å². The number of benzene rings is 14. The van der Waals surface area contributed by atoms with E-state index in [2.05, 4.69) is 309 Å². The number of aromatic nitrogens is 4. The highest BCUT2D eigenvalue weighted by Crippen LogP contribution is 2.55. The molecule has 14 aromatic carbocycles. The Kier molecular flexibility index (Phi) is 11.0. The van der Waals surface area contributed by atoms with Crippen molar-refractivity contribution in [1.29, 1.82) is 0 Å². The van der Waals surface area contributed by atoms with Gasteiger partial charge in [-0.2, -0.15) is 0 Å². The van der Waals surface area contributed by atoms with Gasteiger partial charge < -0.3 is 18.3 Å². The Balaban J connectivity index is 0.901. The molecule has 0 radical (unpaired) electrons. The van der Waals surface area contributed by atoms with E-state index in [1.165, 1.54) is 182 Å². The van der Waals surface area contributed by atoms with Gasteiger partial charge in [-0.1, -0.05) is 251 Å². The van der Waals surface area contributed by atoms with Crippen LogP contribution in [0.2, 0.25) is 0 Å². The summed E-state index contributed by atoms with van der Waals surface area (Å²) >= 11 is 7.84. The number of hydrogen-bond acceptors (Lipinski definition) is 4. The highest BCUT2D eigenvalue weighted by atomic mass is 32.2. The zero-order valence-corrected chi connectivity index (χ0v) is 53.6. The Morgan fingerprint density at radius 2 is 0.479 bits per heavy atom. The number of rotatable bonds is 5. The van der Waals surface area contributed by atoms with Gasteiger partial charge in [0, 0.05) is 105 Å². The molecule has 0 N–H and O–H groups in total. The molecule has 434 valence electrons. The van der Waals surface area contributed by atoms with E-state index in [0.29, 0.717) is 0 Å². The van der Waals surface area contributed by atoms with Crippen molar-refractivity contribution in [2.24, 2.45) is 0 Å². The SMILES string of the molecule is c1ccc2c(c1)Sc1cc(-n3c4ccccc4c4cc(-n5c6ccccc6c6ccccc65)ccc43)c(-c3c(-n4c5ccccc5c5cc(-n6c7ccccc7c7ccccc76)ccc54)cc4c5c3Sc3ccccc3B5c3ccccc3S4)c3c1B2c1ccccc1S3. The molecule has 4 aromatic heterocycles. The van der Waals surface area contributed by atoms with Crippen LogP contribution < -0.4 is 32.8 Å². The average molecular weight is 1260 g/mol. The average Bonchev–Trinajstić information content (AvgIpc) is 0.922. The van der Waals surface area contributed by atoms with Crippen molar-refractivity contribution in [2.75, 3.05) is 0 Å². The van der Waals surface area contributed by atoms with Crippen LogP contribution in [0.4, 0.5) is 0 Å². The summed E-state index contributed by atoms with van der Waals surface area (Å²) in [6.45, 7) is 0.0428. The van der Waals surface area contributed by atoms with Gasteiger partial charge in [0.25, 0.3) is 0 Å². The summed E-state index contributed by atoms with van der Waals surface area (Å²) in [6, 6.07) is 111. The van der Waals surface area contributed by atoms with E-state index in [1.54, 1.807) is 0 Å². The summed E-state index contributed by atoms with van der Waals surface area (Å²) < 4.78 is 10.3. The molecule has 0 aliphatic carbocycles. The highest BCUT2D eigenvalue weighted by molar-refractivity contribution is 8.02. The molecule has 0 atom stereocenters. The van der Waals surface area contributed by atoms with Gasteiger partial charge in [0.1, 0.15) is 0 Å². The summed E-state index contributed by atoms with van der Waals surface area (Å²) in [5, 5.41) is 9.89. The van der Waals surface area contributed by atoms with Crippen LogP contribution in [0, 0.1) is 0 Å². The number of hydrogen-bond donors (Lipinski definition) is 0. The molecule has 22 rings (SSSR count). The Morgan fingerprint density at radius 3 is 0.819 bits per heavy atom. The number of fused-ring (bicyclic) bond motifs is 20. The lowest BCUT2D eigenvalue weighted by Gasteiger charge is -2.38. The van der Waals surface area contributed by atoms with Crippen molar-refractivity contribution in [2.45, 2.75) is 39.2 Å². The molecule has 0 spiro atoms. The first kappa shape index (κ1) is 52.3. The van der Waals surface area contributed by atoms with Gasteiger partial charge in [-0.05, 0) is 120 Å². The van der Waals surface area contributed by atoms with Crippen molar-refractivity contribution >= 4 is 180 Å². The maximum absolute atomic E-state index is 2.66. The lowest BCUT2D eigenvalue weighted by Crippen LogP contribution is -2.58. The molecule has 94 heavy (non-hydrogen) atoms. The van der Waals surface area contributed by atoms with Crippen molar-refractivity contribution in [3.8, 4) is 33.9 Å². The molecule has 0 amide bonds. The predicted molar refractivity (Wildman–Crippen MR) is 401 cm³/mol. The molecule has 10 heteroatoms. The summed E-state index contributed by atoms with van der Waals surface area (Å²) in [4.78, 5) is 10.5. The quantitative estimate of drug-likeness (QED) is 0.160. The van der Waals surface area contributed by atoms with Crippen LogP contribution in [0.25, 0.3) is 121 Å². The van der Waals surface area contributed by atoms with E-state index in [9.17, 15) is 0 Å². The second-order valence-electron chi connectivity index (χ2n) is 25.3. The molecule has 8 heterocycles. The first-order chi connectivity index (χ1) is 46.7. The Morgan fingerprint density at radius 1 is 0.213 bits per heavy atom. The van der Waals surface area contributed by atoms with Crippen LogP contribution in [0.1, 0.15) is 0 Å². The fourth-order valence-corrected chi connectivity index (χ4v) is 22.0. The van der Waals surface area contributed by atoms with Crippen LogP contribution in [0.5, 0.6) is 0 Å². The van der Waals surface area contributed by atoms with Gasteiger partial charge in [-0.15, -0.1) is 0 Å². The van der Waals surface area contributed by atoms with Gasteiger partial charge >= 0.3 is 0 Å². The fourth-order valence-electron chi connectivity index (χ4n) is 16.8. The van der Waals surface area contributed by atoms with Crippen LogP contribution in [0.15, 0.2) is 330 Å². The van der Waals surface area contributed by atoms with Gasteiger partial charge in [-0.25, -0.2) is 0 Å². The van der Waals surface area contributed by atoms with Crippen molar-refractivity contribution in [1.82, 2.24) is 18.3 Å². The van der Waals surface area contributed by atoms with E-state index in [1.807, 2.05) is 47.0 Å². The minimum Gasteiger partial charge on any atom is -0.309 e. The number of para-hydroxylation sites is 6. The monoisotopic (exact) mass is 1260 g/mol. The van der Waals surface area contributed by atoms with Gasteiger partial charge in [0.05, 0.1) is 55.5 Å². The topological polar surface area (TPSA) is 19.7 Å². The normalized spacial score (nSPS) is 13.5. The third-order valence-electron chi connectivity index (χ3n) is 20.6. The van der Waals surface area contributed by atoms with Crippen molar-refractivity contribution < 1.29 is 0 Å². The molecule has 0 fully saturated rings. The number of nitrogens with zero attached hydrogens (tertiary/aromatic N) is 4. The first-order valence-electron chi connectivity index (χ1n) is 32.2. The zero-order valence-electron chi connectivity index (χ0n) is 50.3. The summed E-state index contributed by atoms with van der Waals surface area (Å²) in [7, 11) is 0. The molecule has 0 unspecified atom stereocenters.